The van der Waals surface area contributed by atoms with Crippen molar-refractivity contribution in [2.75, 3.05) is 7.05 Å². The SMILES string of the molecule is CNCc1occc1-c1ccncc1. The van der Waals surface area contributed by atoms with Gasteiger partial charge in [-0.25, -0.2) is 0 Å². The summed E-state index contributed by atoms with van der Waals surface area (Å²) in [6.07, 6.45) is 5.28. The number of rotatable bonds is 3. The van der Waals surface area contributed by atoms with E-state index < -0.39 is 0 Å². The normalized spacial score (nSPS) is 10.4. The van der Waals surface area contributed by atoms with Gasteiger partial charge in [-0.3, -0.25) is 4.98 Å². The van der Waals surface area contributed by atoms with Crippen LogP contribution in [0.1, 0.15) is 5.76 Å². The van der Waals surface area contributed by atoms with E-state index in [4.69, 9.17) is 4.42 Å². The molecule has 0 saturated heterocycles. The van der Waals surface area contributed by atoms with Crippen molar-refractivity contribution in [3.05, 3.63) is 42.6 Å². The summed E-state index contributed by atoms with van der Waals surface area (Å²) < 4.78 is 5.38. The predicted octanol–water partition coefficient (Wildman–Crippen LogP) is 2.06. The number of nitrogens with one attached hydrogen (secondary N) is 1. The molecule has 0 aliphatic heterocycles. The fraction of sp³-hybridized carbons (Fsp3) is 0.182. The second-order valence-electron chi connectivity index (χ2n) is 3.02. The van der Waals surface area contributed by atoms with E-state index in [2.05, 4.69) is 10.3 Å². The third kappa shape index (κ3) is 1.67. The first-order valence-electron chi connectivity index (χ1n) is 4.53. The molecule has 3 heteroatoms. The zero-order valence-corrected chi connectivity index (χ0v) is 8.03. The van der Waals surface area contributed by atoms with Crippen molar-refractivity contribution < 1.29 is 4.42 Å². The molecule has 2 heterocycles. The summed E-state index contributed by atoms with van der Waals surface area (Å²) in [6, 6.07) is 5.93. The van der Waals surface area contributed by atoms with Gasteiger partial charge < -0.3 is 9.73 Å². The monoisotopic (exact) mass is 188 g/mol. The summed E-state index contributed by atoms with van der Waals surface area (Å²) >= 11 is 0. The van der Waals surface area contributed by atoms with Crippen molar-refractivity contribution in [3.8, 4) is 11.1 Å². The van der Waals surface area contributed by atoms with Crippen LogP contribution in [0.15, 0.2) is 41.3 Å². The highest BCUT2D eigenvalue weighted by molar-refractivity contribution is 5.64. The number of furan rings is 1. The summed E-state index contributed by atoms with van der Waals surface area (Å²) in [5.74, 6) is 0.957. The summed E-state index contributed by atoms with van der Waals surface area (Å²) in [4.78, 5) is 3.98. The van der Waals surface area contributed by atoms with Gasteiger partial charge in [0.2, 0.25) is 0 Å². The van der Waals surface area contributed by atoms with Crippen molar-refractivity contribution in [1.82, 2.24) is 10.3 Å². The number of hydrogen-bond acceptors (Lipinski definition) is 3. The standard InChI is InChI=1S/C11H12N2O/c1-12-8-11-10(4-7-14-11)9-2-5-13-6-3-9/h2-7,12H,8H2,1H3. The second-order valence-corrected chi connectivity index (χ2v) is 3.02. The molecule has 0 amide bonds. The first-order chi connectivity index (χ1) is 6.92. The molecule has 0 fully saturated rings. The van der Waals surface area contributed by atoms with Crippen LogP contribution in [0.25, 0.3) is 11.1 Å². The molecule has 0 aromatic carbocycles. The van der Waals surface area contributed by atoms with Gasteiger partial charge in [-0.2, -0.15) is 0 Å². The van der Waals surface area contributed by atoms with E-state index in [0.717, 1.165) is 23.4 Å². The Morgan fingerprint density at radius 3 is 2.79 bits per heavy atom. The van der Waals surface area contributed by atoms with Crippen LogP contribution in [0, 0.1) is 0 Å². The highest BCUT2D eigenvalue weighted by atomic mass is 16.3. The largest absolute Gasteiger partial charge is 0.467 e. The van der Waals surface area contributed by atoms with E-state index in [1.54, 1.807) is 18.7 Å². The molecule has 2 aromatic rings. The zero-order chi connectivity index (χ0) is 9.80. The van der Waals surface area contributed by atoms with E-state index >= 15 is 0 Å². The quantitative estimate of drug-likeness (QED) is 0.801. The average molecular weight is 188 g/mol. The van der Waals surface area contributed by atoms with Gasteiger partial charge in [-0.15, -0.1) is 0 Å². The van der Waals surface area contributed by atoms with Crippen LogP contribution in [-0.4, -0.2) is 12.0 Å². The Morgan fingerprint density at radius 1 is 1.29 bits per heavy atom. The summed E-state index contributed by atoms with van der Waals surface area (Å²) in [7, 11) is 1.90. The molecule has 0 radical (unpaired) electrons. The van der Waals surface area contributed by atoms with E-state index in [-0.39, 0.29) is 0 Å². The van der Waals surface area contributed by atoms with Crippen LogP contribution in [0.2, 0.25) is 0 Å². The molecule has 0 unspecified atom stereocenters. The average Bonchev–Trinajstić information content (AvgIpc) is 2.68. The topological polar surface area (TPSA) is 38.1 Å². The predicted molar refractivity (Wildman–Crippen MR) is 54.7 cm³/mol. The summed E-state index contributed by atoms with van der Waals surface area (Å²) in [5, 5.41) is 3.07. The Hall–Kier alpha value is -1.61. The smallest absolute Gasteiger partial charge is 0.125 e. The Kier molecular flexibility index (Phi) is 2.60. The van der Waals surface area contributed by atoms with Gasteiger partial charge in [-0.05, 0) is 30.8 Å². The molecule has 72 valence electrons. The highest BCUT2D eigenvalue weighted by Crippen LogP contribution is 2.23. The van der Waals surface area contributed by atoms with Crippen LogP contribution < -0.4 is 5.32 Å². The lowest BCUT2D eigenvalue weighted by molar-refractivity contribution is 0.497. The maximum Gasteiger partial charge on any atom is 0.125 e. The fourth-order valence-corrected chi connectivity index (χ4v) is 1.43. The number of aromatic nitrogens is 1. The van der Waals surface area contributed by atoms with E-state index in [1.165, 1.54) is 0 Å². The maximum absolute atomic E-state index is 5.38. The summed E-state index contributed by atoms with van der Waals surface area (Å²) in [5.41, 5.74) is 2.26. The van der Waals surface area contributed by atoms with Crippen LogP contribution in [-0.2, 0) is 6.54 Å². The Bertz CT molecular complexity index is 395. The van der Waals surface area contributed by atoms with Gasteiger partial charge in [0.1, 0.15) is 5.76 Å². The molecule has 2 rings (SSSR count). The highest BCUT2D eigenvalue weighted by Gasteiger charge is 2.06. The van der Waals surface area contributed by atoms with Crippen molar-refractivity contribution in [2.24, 2.45) is 0 Å². The first-order valence-corrected chi connectivity index (χ1v) is 4.53. The number of nitrogens with zero attached hydrogens (tertiary/aromatic N) is 1. The minimum absolute atomic E-state index is 0.741. The van der Waals surface area contributed by atoms with Crippen LogP contribution >= 0.6 is 0 Å². The second kappa shape index (κ2) is 4.07. The molecule has 0 atom stereocenters. The lowest BCUT2D eigenvalue weighted by Gasteiger charge is -2.00. The van der Waals surface area contributed by atoms with Gasteiger partial charge in [0.05, 0.1) is 12.8 Å². The van der Waals surface area contributed by atoms with Crippen molar-refractivity contribution in [3.63, 3.8) is 0 Å². The Balaban J connectivity index is 2.37. The zero-order valence-electron chi connectivity index (χ0n) is 8.03. The Morgan fingerprint density at radius 2 is 2.07 bits per heavy atom. The molecule has 3 nitrogen and oxygen atoms in total. The lowest BCUT2D eigenvalue weighted by atomic mass is 10.1. The molecule has 14 heavy (non-hydrogen) atoms. The molecule has 1 N–H and O–H groups in total. The van der Waals surface area contributed by atoms with E-state index in [0.29, 0.717) is 0 Å². The van der Waals surface area contributed by atoms with Crippen molar-refractivity contribution >= 4 is 0 Å². The third-order valence-corrected chi connectivity index (χ3v) is 2.07. The molecule has 0 saturated carbocycles. The van der Waals surface area contributed by atoms with Crippen LogP contribution in [0.3, 0.4) is 0 Å². The molecule has 0 aliphatic carbocycles. The van der Waals surface area contributed by atoms with Gasteiger partial charge in [0, 0.05) is 18.0 Å². The van der Waals surface area contributed by atoms with Crippen molar-refractivity contribution in [2.45, 2.75) is 6.54 Å². The van der Waals surface area contributed by atoms with Crippen LogP contribution in [0.4, 0.5) is 0 Å². The minimum Gasteiger partial charge on any atom is -0.467 e. The van der Waals surface area contributed by atoms with Gasteiger partial charge in [-0.1, -0.05) is 0 Å². The number of hydrogen-bond donors (Lipinski definition) is 1. The van der Waals surface area contributed by atoms with Crippen molar-refractivity contribution in [1.29, 1.82) is 0 Å². The fourth-order valence-electron chi connectivity index (χ4n) is 1.43. The molecule has 0 bridgehead atoms. The molecule has 0 spiro atoms. The third-order valence-electron chi connectivity index (χ3n) is 2.07. The molecule has 2 aromatic heterocycles. The van der Waals surface area contributed by atoms with E-state index in [1.807, 2.05) is 25.2 Å². The molecular weight excluding hydrogens is 176 g/mol. The van der Waals surface area contributed by atoms with Crippen LogP contribution in [0.5, 0.6) is 0 Å². The molecular formula is C11H12N2O. The van der Waals surface area contributed by atoms with Gasteiger partial charge in [0.25, 0.3) is 0 Å². The number of pyridine rings is 1. The van der Waals surface area contributed by atoms with Gasteiger partial charge in [0.15, 0.2) is 0 Å². The van der Waals surface area contributed by atoms with Gasteiger partial charge >= 0.3 is 0 Å². The van der Waals surface area contributed by atoms with E-state index in [9.17, 15) is 0 Å². The summed E-state index contributed by atoms with van der Waals surface area (Å²) in [6.45, 7) is 0.741. The maximum atomic E-state index is 5.38. The molecule has 0 aliphatic rings. The lowest BCUT2D eigenvalue weighted by Crippen LogP contribution is -2.04. The minimum atomic E-state index is 0.741. The first kappa shape index (κ1) is 8.97. The Labute approximate surface area is 82.8 Å².